The lowest BCUT2D eigenvalue weighted by molar-refractivity contribution is -0.138. The Kier molecular flexibility index (Phi) is 5.59. The number of carbonyl (C=O) groups excluding carboxylic acids is 2. The van der Waals surface area contributed by atoms with Crippen molar-refractivity contribution >= 4 is 22.5 Å². The van der Waals surface area contributed by atoms with Gasteiger partial charge in [0.05, 0.1) is 12.2 Å². The molecule has 5 rings (SSSR count). The summed E-state index contributed by atoms with van der Waals surface area (Å²) >= 11 is 0. The van der Waals surface area contributed by atoms with Crippen LogP contribution < -0.4 is 5.32 Å². The van der Waals surface area contributed by atoms with Crippen LogP contribution in [0, 0.1) is 0 Å². The maximum atomic E-state index is 13.7. The van der Waals surface area contributed by atoms with Crippen molar-refractivity contribution in [2.24, 2.45) is 0 Å². The molecular formula is C29H27NO3. The SMILES string of the molecule is CCOC(=O)C1=C(C)NC2=C(C(=O)C[C@@H](c3ccccc3)C2)[C@@H]1c1cccc2ccccc12. The lowest BCUT2D eigenvalue weighted by Gasteiger charge is -2.37. The zero-order chi connectivity index (χ0) is 22.9. The molecule has 0 amide bonds. The minimum atomic E-state index is -0.448. The normalized spacial score (nSPS) is 20.5. The van der Waals surface area contributed by atoms with E-state index in [0.29, 0.717) is 17.6 Å². The third-order valence-electron chi connectivity index (χ3n) is 6.73. The molecule has 4 heteroatoms. The van der Waals surface area contributed by atoms with Crippen LogP contribution in [0.5, 0.6) is 0 Å². The zero-order valence-electron chi connectivity index (χ0n) is 18.9. The van der Waals surface area contributed by atoms with Crippen molar-refractivity contribution in [2.45, 2.75) is 38.5 Å². The van der Waals surface area contributed by atoms with E-state index in [2.05, 4.69) is 35.6 Å². The van der Waals surface area contributed by atoms with Crippen molar-refractivity contribution < 1.29 is 14.3 Å². The number of benzene rings is 3. The summed E-state index contributed by atoms with van der Waals surface area (Å²) in [5.74, 6) is -0.611. The van der Waals surface area contributed by atoms with Crippen molar-refractivity contribution in [3.8, 4) is 0 Å². The number of esters is 1. The quantitative estimate of drug-likeness (QED) is 0.527. The summed E-state index contributed by atoms with van der Waals surface area (Å²) in [7, 11) is 0. The summed E-state index contributed by atoms with van der Waals surface area (Å²) in [6.45, 7) is 4.00. The highest BCUT2D eigenvalue weighted by Gasteiger charge is 2.41. The first-order chi connectivity index (χ1) is 16.1. The molecule has 1 heterocycles. The van der Waals surface area contributed by atoms with Crippen molar-refractivity contribution in [1.29, 1.82) is 0 Å². The van der Waals surface area contributed by atoms with E-state index in [9.17, 15) is 9.59 Å². The van der Waals surface area contributed by atoms with Gasteiger partial charge in [0.25, 0.3) is 0 Å². The molecule has 2 aliphatic rings. The fourth-order valence-electron chi connectivity index (χ4n) is 5.29. The van der Waals surface area contributed by atoms with E-state index in [-0.39, 0.29) is 24.3 Å². The smallest absolute Gasteiger partial charge is 0.336 e. The van der Waals surface area contributed by atoms with Crippen molar-refractivity contribution in [1.82, 2.24) is 5.32 Å². The topological polar surface area (TPSA) is 55.4 Å². The van der Waals surface area contributed by atoms with Crippen molar-refractivity contribution in [3.63, 3.8) is 0 Å². The van der Waals surface area contributed by atoms with Crippen LogP contribution in [-0.4, -0.2) is 18.4 Å². The molecule has 0 radical (unpaired) electrons. The predicted molar refractivity (Wildman–Crippen MR) is 130 cm³/mol. The Morgan fingerprint density at radius 2 is 1.70 bits per heavy atom. The van der Waals surface area contributed by atoms with Crippen LogP contribution >= 0.6 is 0 Å². The zero-order valence-corrected chi connectivity index (χ0v) is 18.9. The Hall–Kier alpha value is -3.66. The summed E-state index contributed by atoms with van der Waals surface area (Å²) in [4.78, 5) is 26.8. The molecule has 0 saturated heterocycles. The van der Waals surface area contributed by atoms with Crippen LogP contribution in [0.15, 0.2) is 95.3 Å². The molecule has 2 atom stereocenters. The number of ketones is 1. The van der Waals surface area contributed by atoms with Gasteiger partial charge in [-0.05, 0) is 48.1 Å². The van der Waals surface area contributed by atoms with Gasteiger partial charge in [-0.2, -0.15) is 0 Å². The van der Waals surface area contributed by atoms with E-state index in [1.807, 2.05) is 49.4 Å². The fourth-order valence-corrected chi connectivity index (χ4v) is 5.29. The Morgan fingerprint density at radius 3 is 2.48 bits per heavy atom. The highest BCUT2D eigenvalue weighted by atomic mass is 16.5. The Morgan fingerprint density at radius 1 is 0.970 bits per heavy atom. The second-order valence-electron chi connectivity index (χ2n) is 8.72. The molecule has 3 aromatic carbocycles. The number of nitrogens with one attached hydrogen (secondary N) is 1. The first-order valence-corrected chi connectivity index (χ1v) is 11.5. The minimum Gasteiger partial charge on any atom is -0.463 e. The van der Waals surface area contributed by atoms with E-state index in [0.717, 1.165) is 34.2 Å². The molecule has 0 spiro atoms. The van der Waals surface area contributed by atoms with Crippen LogP contribution in [0.3, 0.4) is 0 Å². The Bertz CT molecular complexity index is 1300. The van der Waals surface area contributed by atoms with E-state index in [1.54, 1.807) is 6.92 Å². The number of fused-ring (bicyclic) bond motifs is 1. The predicted octanol–water partition coefficient (Wildman–Crippen LogP) is 5.76. The average Bonchev–Trinajstić information content (AvgIpc) is 2.83. The molecule has 1 N–H and O–H groups in total. The number of ether oxygens (including phenoxy) is 1. The van der Waals surface area contributed by atoms with Crippen LogP contribution in [0.1, 0.15) is 49.7 Å². The van der Waals surface area contributed by atoms with E-state index in [4.69, 9.17) is 4.74 Å². The number of hydrogen-bond donors (Lipinski definition) is 1. The number of allylic oxidation sites excluding steroid dienone is 3. The first-order valence-electron chi connectivity index (χ1n) is 11.5. The minimum absolute atomic E-state index is 0.0878. The third-order valence-corrected chi connectivity index (χ3v) is 6.73. The van der Waals surface area contributed by atoms with Crippen molar-refractivity contribution in [3.05, 3.63) is 106 Å². The van der Waals surface area contributed by atoms with E-state index in [1.165, 1.54) is 5.56 Å². The van der Waals surface area contributed by atoms with Gasteiger partial charge in [-0.25, -0.2) is 4.79 Å². The molecule has 1 aliphatic heterocycles. The monoisotopic (exact) mass is 437 g/mol. The summed E-state index contributed by atoms with van der Waals surface area (Å²) < 4.78 is 5.45. The summed E-state index contributed by atoms with van der Waals surface area (Å²) in [5.41, 5.74) is 5.04. The van der Waals surface area contributed by atoms with Gasteiger partial charge in [-0.3, -0.25) is 4.79 Å². The molecule has 0 fully saturated rings. The highest BCUT2D eigenvalue weighted by Crippen LogP contribution is 2.47. The van der Waals surface area contributed by atoms with E-state index >= 15 is 0 Å². The molecule has 33 heavy (non-hydrogen) atoms. The second kappa shape index (κ2) is 8.70. The van der Waals surface area contributed by atoms with Crippen LogP contribution in [-0.2, 0) is 14.3 Å². The third kappa shape index (κ3) is 3.76. The fraction of sp³-hybridized carbons (Fsp3) is 0.241. The molecule has 166 valence electrons. The van der Waals surface area contributed by atoms with E-state index < -0.39 is 5.92 Å². The standard InChI is InChI=1S/C29H27NO3/c1-3-33-29(32)26-18(2)30-24-16-21(19-10-5-4-6-11-19)17-25(31)28(24)27(26)23-15-9-13-20-12-7-8-14-22(20)23/h4-15,21,27,30H,3,16-17H2,1-2H3/t21-,27+/m0/s1. The second-order valence-corrected chi connectivity index (χ2v) is 8.72. The van der Waals surface area contributed by atoms with Gasteiger partial charge < -0.3 is 10.1 Å². The maximum absolute atomic E-state index is 13.7. The molecule has 1 aliphatic carbocycles. The van der Waals surface area contributed by atoms with Crippen LogP contribution in [0.2, 0.25) is 0 Å². The number of hydrogen-bond acceptors (Lipinski definition) is 4. The number of Topliss-reactive ketones (excluding diaryl/α,β-unsaturated/α-hetero) is 1. The van der Waals surface area contributed by atoms with Gasteiger partial charge in [0.2, 0.25) is 0 Å². The molecule has 0 bridgehead atoms. The molecule has 4 nitrogen and oxygen atoms in total. The molecule has 0 aromatic heterocycles. The van der Waals surface area contributed by atoms with Gasteiger partial charge in [-0.15, -0.1) is 0 Å². The van der Waals surface area contributed by atoms with Gasteiger partial charge >= 0.3 is 5.97 Å². The van der Waals surface area contributed by atoms with Crippen LogP contribution in [0.25, 0.3) is 10.8 Å². The summed E-state index contributed by atoms with van der Waals surface area (Å²) in [5, 5.41) is 5.56. The summed E-state index contributed by atoms with van der Waals surface area (Å²) in [6.07, 6.45) is 1.17. The number of carbonyl (C=O) groups is 2. The van der Waals surface area contributed by atoms with Gasteiger partial charge in [0.1, 0.15) is 0 Å². The van der Waals surface area contributed by atoms with Crippen molar-refractivity contribution in [2.75, 3.05) is 6.61 Å². The molecule has 0 saturated carbocycles. The number of dihydropyridines is 1. The Balaban J connectivity index is 1.68. The summed E-state index contributed by atoms with van der Waals surface area (Å²) in [6, 6.07) is 24.4. The number of rotatable bonds is 4. The van der Waals surface area contributed by atoms with Gasteiger partial charge in [-0.1, -0.05) is 72.8 Å². The highest BCUT2D eigenvalue weighted by molar-refractivity contribution is 6.05. The Labute approximate surface area is 194 Å². The maximum Gasteiger partial charge on any atom is 0.336 e. The van der Waals surface area contributed by atoms with Gasteiger partial charge in [0.15, 0.2) is 5.78 Å². The molecule has 3 aromatic rings. The average molecular weight is 438 g/mol. The lowest BCUT2D eigenvalue weighted by atomic mass is 9.71. The molecule has 0 unspecified atom stereocenters. The first kappa shape index (κ1) is 21.2. The van der Waals surface area contributed by atoms with Crippen LogP contribution in [0.4, 0.5) is 0 Å². The van der Waals surface area contributed by atoms with Gasteiger partial charge in [0, 0.05) is 29.3 Å². The largest absolute Gasteiger partial charge is 0.463 e. The lowest BCUT2D eigenvalue weighted by Crippen LogP contribution is -2.36. The molecular weight excluding hydrogens is 410 g/mol.